The first-order valence-corrected chi connectivity index (χ1v) is 11.2. The van der Waals surface area contributed by atoms with E-state index in [4.69, 9.17) is 10.1 Å². The third-order valence-electron chi connectivity index (χ3n) is 5.01. The number of carbonyl (C=O) groups excluding carboxylic acids is 1. The molecule has 0 spiro atoms. The molecule has 0 bridgehead atoms. The fourth-order valence-corrected chi connectivity index (χ4v) is 4.19. The molecule has 1 amide bonds. The maximum absolute atomic E-state index is 12.5. The smallest absolute Gasteiger partial charge is 0.283 e. The number of benzene rings is 2. The lowest BCUT2D eigenvalue weighted by atomic mass is 10.1. The van der Waals surface area contributed by atoms with Crippen LogP contribution in [0.15, 0.2) is 70.3 Å². The van der Waals surface area contributed by atoms with Crippen molar-refractivity contribution in [3.8, 4) is 5.75 Å². The first kappa shape index (κ1) is 21.1. The molecule has 2 aromatic carbocycles. The summed E-state index contributed by atoms with van der Waals surface area (Å²) in [5.41, 5.74) is 2.13. The zero-order valence-electron chi connectivity index (χ0n) is 17.5. The quantitative estimate of drug-likeness (QED) is 0.575. The highest BCUT2D eigenvalue weighted by atomic mass is 32.2. The number of aliphatic imine (C=N–C) groups is 1. The first-order chi connectivity index (χ1) is 15.0. The summed E-state index contributed by atoms with van der Waals surface area (Å²) in [5, 5.41) is 15.8. The number of amides is 1. The highest BCUT2D eigenvalue weighted by Crippen LogP contribution is 2.30. The number of carbonyl (C=O) groups is 1. The maximum Gasteiger partial charge on any atom is 0.283 e. The topological polar surface area (TPSA) is 78.1 Å². The van der Waals surface area contributed by atoms with E-state index in [1.54, 1.807) is 6.08 Å². The Labute approximate surface area is 186 Å². The Hall–Kier alpha value is -3.19. The van der Waals surface area contributed by atoms with Gasteiger partial charge in [0.25, 0.3) is 5.91 Å². The van der Waals surface area contributed by atoms with Crippen molar-refractivity contribution in [1.82, 2.24) is 5.01 Å². The molecular weight excluding hydrogens is 408 g/mol. The summed E-state index contributed by atoms with van der Waals surface area (Å²) < 4.78 is 6.01. The lowest BCUT2D eigenvalue weighted by Gasteiger charge is -2.20. The van der Waals surface area contributed by atoms with E-state index in [0.717, 1.165) is 41.2 Å². The SMILES string of the molecule is CCCCC1=NN2C(=N)/C(=C\c3ccc(OC(C)c4ccccc4)cc3)C(=O)N=C2S1. The van der Waals surface area contributed by atoms with Crippen LogP contribution in [0.4, 0.5) is 0 Å². The number of rotatable bonds is 7. The largest absolute Gasteiger partial charge is 0.486 e. The number of hydrogen-bond donors (Lipinski definition) is 1. The number of hydrogen-bond acceptors (Lipinski definition) is 5. The summed E-state index contributed by atoms with van der Waals surface area (Å²) in [6.07, 6.45) is 4.53. The van der Waals surface area contributed by atoms with Gasteiger partial charge in [0.1, 0.15) is 16.9 Å². The second kappa shape index (κ2) is 9.31. The van der Waals surface area contributed by atoms with Crippen LogP contribution in [0.25, 0.3) is 6.08 Å². The third-order valence-corrected chi connectivity index (χ3v) is 5.98. The summed E-state index contributed by atoms with van der Waals surface area (Å²) in [5.74, 6) is 0.394. The maximum atomic E-state index is 12.5. The molecule has 6 nitrogen and oxygen atoms in total. The van der Waals surface area contributed by atoms with Crippen molar-refractivity contribution in [2.24, 2.45) is 10.1 Å². The molecule has 1 unspecified atom stereocenters. The standard InChI is InChI=1S/C24H24N4O2S/c1-3-4-10-21-27-28-22(25)20(23(29)26-24(28)31-21)15-17-11-13-19(14-12-17)30-16(2)18-8-6-5-7-9-18/h5-9,11-16,25H,3-4,10H2,1-2H3/b20-15+,25-22?. The van der Waals surface area contributed by atoms with Crippen LogP contribution < -0.4 is 4.74 Å². The molecule has 158 valence electrons. The highest BCUT2D eigenvalue weighted by molar-refractivity contribution is 8.26. The monoisotopic (exact) mass is 432 g/mol. The average molecular weight is 433 g/mol. The minimum Gasteiger partial charge on any atom is -0.486 e. The Morgan fingerprint density at radius 2 is 1.90 bits per heavy atom. The second-order valence-electron chi connectivity index (χ2n) is 7.36. The van der Waals surface area contributed by atoms with Crippen molar-refractivity contribution in [3.63, 3.8) is 0 Å². The Kier molecular flexibility index (Phi) is 6.32. The fraction of sp³-hybridized carbons (Fsp3) is 0.250. The van der Waals surface area contributed by atoms with Crippen molar-refractivity contribution in [3.05, 3.63) is 71.3 Å². The Balaban J connectivity index is 1.48. The van der Waals surface area contributed by atoms with Crippen LogP contribution >= 0.6 is 11.8 Å². The van der Waals surface area contributed by atoms with E-state index < -0.39 is 5.91 Å². The van der Waals surface area contributed by atoms with Crippen LogP contribution in [-0.2, 0) is 4.79 Å². The number of thioether (sulfide) groups is 1. The van der Waals surface area contributed by atoms with Gasteiger partial charge in [-0.05, 0) is 60.9 Å². The Bertz CT molecular complexity index is 1070. The van der Waals surface area contributed by atoms with Crippen molar-refractivity contribution in [2.75, 3.05) is 0 Å². The number of ether oxygens (including phenoxy) is 1. The average Bonchev–Trinajstić information content (AvgIpc) is 3.20. The summed E-state index contributed by atoms with van der Waals surface area (Å²) >= 11 is 1.38. The van der Waals surface area contributed by atoms with Gasteiger partial charge in [-0.1, -0.05) is 55.8 Å². The molecular formula is C24H24N4O2S. The van der Waals surface area contributed by atoms with Gasteiger partial charge in [-0.3, -0.25) is 10.2 Å². The lowest BCUT2D eigenvalue weighted by molar-refractivity contribution is -0.114. The van der Waals surface area contributed by atoms with Gasteiger partial charge in [0.15, 0.2) is 5.84 Å². The van der Waals surface area contributed by atoms with E-state index in [-0.39, 0.29) is 17.5 Å². The Morgan fingerprint density at radius 1 is 1.16 bits per heavy atom. The van der Waals surface area contributed by atoms with E-state index in [9.17, 15) is 4.79 Å². The summed E-state index contributed by atoms with van der Waals surface area (Å²) in [6.45, 7) is 4.13. The first-order valence-electron chi connectivity index (χ1n) is 10.4. The van der Waals surface area contributed by atoms with Crippen molar-refractivity contribution >= 4 is 39.8 Å². The molecule has 0 radical (unpaired) electrons. The van der Waals surface area contributed by atoms with Gasteiger partial charge in [-0.25, -0.2) is 0 Å². The highest BCUT2D eigenvalue weighted by Gasteiger charge is 2.35. The van der Waals surface area contributed by atoms with Crippen LogP contribution in [0, 0.1) is 5.41 Å². The number of nitrogens with zero attached hydrogens (tertiary/aromatic N) is 3. The molecule has 2 aliphatic heterocycles. The van der Waals surface area contributed by atoms with Crippen LogP contribution in [0.5, 0.6) is 5.75 Å². The number of nitrogens with one attached hydrogen (secondary N) is 1. The predicted octanol–water partition coefficient (Wildman–Crippen LogP) is 5.64. The predicted molar refractivity (Wildman–Crippen MR) is 126 cm³/mol. The molecule has 7 heteroatoms. The molecule has 2 aliphatic rings. The molecule has 31 heavy (non-hydrogen) atoms. The van der Waals surface area contributed by atoms with E-state index in [1.807, 2.05) is 61.5 Å². The van der Waals surface area contributed by atoms with E-state index in [0.29, 0.717) is 5.17 Å². The third kappa shape index (κ3) is 4.77. The summed E-state index contributed by atoms with van der Waals surface area (Å²) in [4.78, 5) is 16.7. The van der Waals surface area contributed by atoms with Gasteiger partial charge in [-0.2, -0.15) is 15.1 Å². The molecule has 2 heterocycles. The van der Waals surface area contributed by atoms with Crippen LogP contribution in [0.3, 0.4) is 0 Å². The minimum absolute atomic E-state index is 0.0621. The molecule has 0 saturated carbocycles. The van der Waals surface area contributed by atoms with Crippen molar-refractivity contribution in [1.29, 1.82) is 5.41 Å². The molecule has 2 aromatic rings. The molecule has 4 rings (SSSR count). The number of amidine groups is 2. The van der Waals surface area contributed by atoms with Gasteiger partial charge in [-0.15, -0.1) is 0 Å². The summed E-state index contributed by atoms with van der Waals surface area (Å²) in [7, 11) is 0. The van der Waals surface area contributed by atoms with Gasteiger partial charge in [0, 0.05) is 0 Å². The molecule has 0 aliphatic carbocycles. The number of unbranched alkanes of at least 4 members (excludes halogenated alkanes) is 1. The molecule has 0 aromatic heterocycles. The fourth-order valence-electron chi connectivity index (χ4n) is 3.27. The second-order valence-corrected chi connectivity index (χ2v) is 8.40. The zero-order valence-corrected chi connectivity index (χ0v) is 18.4. The van der Waals surface area contributed by atoms with E-state index >= 15 is 0 Å². The van der Waals surface area contributed by atoms with Crippen LogP contribution in [0.1, 0.15) is 50.3 Å². The molecule has 0 saturated heterocycles. The normalized spacial score (nSPS) is 18.0. The minimum atomic E-state index is -0.409. The van der Waals surface area contributed by atoms with Gasteiger partial charge < -0.3 is 4.74 Å². The number of hydrazone groups is 1. The van der Waals surface area contributed by atoms with Crippen molar-refractivity contribution < 1.29 is 9.53 Å². The molecule has 0 fully saturated rings. The lowest BCUT2D eigenvalue weighted by Crippen LogP contribution is -2.35. The van der Waals surface area contributed by atoms with Gasteiger partial charge in [0.2, 0.25) is 5.17 Å². The van der Waals surface area contributed by atoms with E-state index in [2.05, 4.69) is 17.0 Å². The van der Waals surface area contributed by atoms with E-state index in [1.165, 1.54) is 16.8 Å². The van der Waals surface area contributed by atoms with Gasteiger partial charge in [0.05, 0.1) is 5.57 Å². The summed E-state index contributed by atoms with van der Waals surface area (Å²) in [6, 6.07) is 17.5. The van der Waals surface area contributed by atoms with Crippen LogP contribution in [0.2, 0.25) is 0 Å². The zero-order chi connectivity index (χ0) is 21.8. The Morgan fingerprint density at radius 3 is 2.61 bits per heavy atom. The molecule has 1 N–H and O–H groups in total. The van der Waals surface area contributed by atoms with Crippen molar-refractivity contribution in [2.45, 2.75) is 39.2 Å². The van der Waals surface area contributed by atoms with Gasteiger partial charge >= 0.3 is 0 Å². The van der Waals surface area contributed by atoms with Crippen LogP contribution in [-0.4, -0.2) is 27.0 Å². The molecule has 1 atom stereocenters. The number of fused-ring (bicyclic) bond motifs is 1.